The van der Waals surface area contributed by atoms with Crippen molar-refractivity contribution in [1.29, 1.82) is 0 Å². The Morgan fingerprint density at radius 2 is 2.31 bits per heavy atom. The second-order valence-electron chi connectivity index (χ2n) is 3.69. The number of hydrogen-bond donors (Lipinski definition) is 0. The van der Waals surface area contributed by atoms with E-state index >= 15 is 0 Å². The molecule has 0 N–H and O–H groups in total. The summed E-state index contributed by atoms with van der Waals surface area (Å²) in [5.41, 5.74) is 1.18. The van der Waals surface area contributed by atoms with Gasteiger partial charge in [-0.2, -0.15) is 0 Å². The molecule has 0 bridgehead atoms. The van der Waals surface area contributed by atoms with E-state index in [2.05, 4.69) is 23.4 Å². The van der Waals surface area contributed by atoms with Crippen LogP contribution in [0, 0.1) is 0 Å². The van der Waals surface area contributed by atoms with Crippen LogP contribution < -0.4 is 4.90 Å². The standard InChI is InChI=1S/C9H15N3O/c1-7(2)12-5-10-9-8(12)4-13-6-11(9)3/h5,7H,4,6H2,1-3H3. The van der Waals surface area contributed by atoms with Gasteiger partial charge >= 0.3 is 0 Å². The Morgan fingerprint density at radius 3 is 3.00 bits per heavy atom. The third-order valence-electron chi connectivity index (χ3n) is 2.32. The molecule has 0 aromatic carbocycles. The molecule has 0 saturated carbocycles. The van der Waals surface area contributed by atoms with Gasteiger partial charge in [0.25, 0.3) is 0 Å². The average Bonchev–Trinajstić information content (AvgIpc) is 2.48. The Hall–Kier alpha value is -1.03. The maximum atomic E-state index is 5.42. The van der Waals surface area contributed by atoms with Crippen LogP contribution in [0.4, 0.5) is 5.82 Å². The molecule has 0 atom stereocenters. The Labute approximate surface area is 78.1 Å². The minimum Gasteiger partial charge on any atom is -0.355 e. The average molecular weight is 181 g/mol. The van der Waals surface area contributed by atoms with Gasteiger partial charge in [0.15, 0.2) is 5.82 Å². The molecule has 0 amide bonds. The molecule has 0 unspecified atom stereocenters. The molecule has 1 aromatic rings. The summed E-state index contributed by atoms with van der Waals surface area (Å²) in [6.45, 7) is 5.62. The molecule has 0 spiro atoms. The van der Waals surface area contributed by atoms with E-state index < -0.39 is 0 Å². The molecule has 4 nitrogen and oxygen atoms in total. The summed E-state index contributed by atoms with van der Waals surface area (Å²) in [7, 11) is 2.00. The number of aromatic nitrogens is 2. The van der Waals surface area contributed by atoms with Gasteiger partial charge < -0.3 is 14.2 Å². The van der Waals surface area contributed by atoms with Crippen molar-refractivity contribution in [3.8, 4) is 0 Å². The van der Waals surface area contributed by atoms with Gasteiger partial charge in [-0.15, -0.1) is 0 Å². The van der Waals surface area contributed by atoms with Crippen LogP contribution in [-0.4, -0.2) is 23.3 Å². The van der Waals surface area contributed by atoms with E-state index in [1.807, 2.05) is 18.3 Å². The normalized spacial score (nSPS) is 16.5. The number of hydrogen-bond acceptors (Lipinski definition) is 3. The first-order chi connectivity index (χ1) is 6.20. The number of imidazole rings is 1. The van der Waals surface area contributed by atoms with E-state index in [-0.39, 0.29) is 0 Å². The third kappa shape index (κ3) is 1.31. The first-order valence-corrected chi connectivity index (χ1v) is 4.54. The molecule has 2 rings (SSSR count). The zero-order chi connectivity index (χ0) is 9.42. The summed E-state index contributed by atoms with van der Waals surface area (Å²) in [5.74, 6) is 1.06. The molecule has 0 radical (unpaired) electrons. The number of anilines is 1. The number of nitrogens with zero attached hydrogens (tertiary/aromatic N) is 3. The van der Waals surface area contributed by atoms with E-state index in [1.54, 1.807) is 0 Å². The summed E-state index contributed by atoms with van der Waals surface area (Å²) in [6, 6.07) is 0.450. The summed E-state index contributed by atoms with van der Waals surface area (Å²) in [6.07, 6.45) is 1.89. The van der Waals surface area contributed by atoms with E-state index in [4.69, 9.17) is 4.74 Å². The Balaban J connectivity index is 2.41. The van der Waals surface area contributed by atoms with Crippen molar-refractivity contribution in [2.75, 3.05) is 18.7 Å². The highest BCUT2D eigenvalue weighted by Crippen LogP contribution is 2.24. The van der Waals surface area contributed by atoms with Crippen LogP contribution in [0.15, 0.2) is 6.33 Å². The van der Waals surface area contributed by atoms with Crippen LogP contribution >= 0.6 is 0 Å². The molecule has 13 heavy (non-hydrogen) atoms. The highest BCUT2D eigenvalue weighted by Gasteiger charge is 2.20. The second-order valence-corrected chi connectivity index (χ2v) is 3.69. The van der Waals surface area contributed by atoms with Crippen molar-refractivity contribution in [2.24, 2.45) is 0 Å². The van der Waals surface area contributed by atoms with Gasteiger partial charge in [0.05, 0.1) is 18.6 Å². The molecule has 0 fully saturated rings. The van der Waals surface area contributed by atoms with Crippen LogP contribution in [0.2, 0.25) is 0 Å². The minimum absolute atomic E-state index is 0.450. The Kier molecular flexibility index (Phi) is 2.00. The molecule has 4 heteroatoms. The van der Waals surface area contributed by atoms with Crippen molar-refractivity contribution in [3.05, 3.63) is 12.0 Å². The van der Waals surface area contributed by atoms with Crippen LogP contribution in [0.5, 0.6) is 0 Å². The SMILES string of the molecule is CC(C)n1cnc2c1COCN2C. The van der Waals surface area contributed by atoms with Crippen molar-refractivity contribution < 1.29 is 4.74 Å². The Morgan fingerprint density at radius 1 is 1.54 bits per heavy atom. The molecular weight excluding hydrogens is 166 g/mol. The zero-order valence-corrected chi connectivity index (χ0v) is 8.32. The lowest BCUT2D eigenvalue weighted by atomic mass is 10.3. The summed E-state index contributed by atoms with van der Waals surface area (Å²) in [5, 5.41) is 0. The van der Waals surface area contributed by atoms with Crippen LogP contribution in [0.3, 0.4) is 0 Å². The molecular formula is C9H15N3O. The number of rotatable bonds is 1. The maximum absolute atomic E-state index is 5.42. The quantitative estimate of drug-likeness (QED) is 0.655. The van der Waals surface area contributed by atoms with E-state index in [9.17, 15) is 0 Å². The van der Waals surface area contributed by atoms with Gasteiger partial charge in [0.2, 0.25) is 0 Å². The van der Waals surface area contributed by atoms with E-state index in [1.165, 1.54) is 5.69 Å². The monoisotopic (exact) mass is 181 g/mol. The van der Waals surface area contributed by atoms with E-state index in [0.717, 1.165) is 5.82 Å². The van der Waals surface area contributed by atoms with Gasteiger partial charge in [-0.25, -0.2) is 4.98 Å². The molecule has 72 valence electrons. The number of ether oxygens (including phenoxy) is 1. The molecule has 1 aliphatic rings. The predicted molar refractivity (Wildman–Crippen MR) is 50.7 cm³/mol. The molecule has 1 aliphatic heterocycles. The highest BCUT2D eigenvalue weighted by atomic mass is 16.5. The largest absolute Gasteiger partial charge is 0.355 e. The maximum Gasteiger partial charge on any atom is 0.154 e. The van der Waals surface area contributed by atoms with Gasteiger partial charge in [0.1, 0.15) is 6.73 Å². The summed E-state index contributed by atoms with van der Waals surface area (Å²) < 4.78 is 7.58. The Bertz CT molecular complexity index is 292. The van der Waals surface area contributed by atoms with Gasteiger partial charge in [-0.1, -0.05) is 0 Å². The van der Waals surface area contributed by atoms with Crippen LogP contribution in [-0.2, 0) is 11.3 Å². The van der Waals surface area contributed by atoms with Crippen molar-refractivity contribution in [1.82, 2.24) is 9.55 Å². The zero-order valence-electron chi connectivity index (χ0n) is 8.32. The second kappa shape index (κ2) is 3.03. The molecule has 0 saturated heterocycles. The summed E-state index contributed by atoms with van der Waals surface area (Å²) in [4.78, 5) is 6.39. The van der Waals surface area contributed by atoms with Crippen LogP contribution in [0.1, 0.15) is 25.6 Å². The highest BCUT2D eigenvalue weighted by molar-refractivity contribution is 5.44. The molecule has 1 aromatic heterocycles. The predicted octanol–water partition coefficient (Wildman–Crippen LogP) is 1.39. The topological polar surface area (TPSA) is 30.3 Å². The lowest BCUT2D eigenvalue weighted by Crippen LogP contribution is -2.27. The van der Waals surface area contributed by atoms with Crippen molar-refractivity contribution in [3.63, 3.8) is 0 Å². The smallest absolute Gasteiger partial charge is 0.154 e. The minimum atomic E-state index is 0.450. The molecule has 2 heterocycles. The lowest BCUT2D eigenvalue weighted by molar-refractivity contribution is 0.107. The van der Waals surface area contributed by atoms with E-state index in [0.29, 0.717) is 19.4 Å². The fourth-order valence-corrected chi connectivity index (χ4v) is 1.62. The van der Waals surface area contributed by atoms with Gasteiger partial charge in [0, 0.05) is 13.1 Å². The van der Waals surface area contributed by atoms with Crippen LogP contribution in [0.25, 0.3) is 0 Å². The van der Waals surface area contributed by atoms with Gasteiger partial charge in [-0.3, -0.25) is 0 Å². The first kappa shape index (κ1) is 8.56. The fraction of sp³-hybridized carbons (Fsp3) is 0.667. The third-order valence-corrected chi connectivity index (χ3v) is 2.32. The fourth-order valence-electron chi connectivity index (χ4n) is 1.62. The van der Waals surface area contributed by atoms with Crippen molar-refractivity contribution in [2.45, 2.75) is 26.5 Å². The lowest BCUT2D eigenvalue weighted by Gasteiger charge is -2.25. The molecule has 0 aliphatic carbocycles. The van der Waals surface area contributed by atoms with Gasteiger partial charge in [-0.05, 0) is 13.8 Å². The van der Waals surface area contributed by atoms with Crippen molar-refractivity contribution >= 4 is 5.82 Å². The summed E-state index contributed by atoms with van der Waals surface area (Å²) >= 11 is 0. The number of fused-ring (bicyclic) bond motifs is 1. The first-order valence-electron chi connectivity index (χ1n) is 4.54.